The first-order chi connectivity index (χ1) is 6.60. The first kappa shape index (κ1) is 10.2. The van der Waals surface area contributed by atoms with Gasteiger partial charge in [-0.05, 0) is 17.7 Å². The highest BCUT2D eigenvalue weighted by atomic mass is 19.1. The van der Waals surface area contributed by atoms with Crippen molar-refractivity contribution in [3.63, 3.8) is 0 Å². The van der Waals surface area contributed by atoms with E-state index in [9.17, 15) is 9.18 Å². The number of aromatic carboxylic acids is 1. The van der Waals surface area contributed by atoms with E-state index in [0.717, 1.165) is 12.1 Å². The fourth-order valence-corrected chi connectivity index (χ4v) is 1.13. The molecule has 14 heavy (non-hydrogen) atoms. The van der Waals surface area contributed by atoms with Crippen LogP contribution in [0, 0.1) is 17.1 Å². The molecule has 1 rings (SSSR count). The number of nitriles is 1. The van der Waals surface area contributed by atoms with E-state index in [1.807, 2.05) is 0 Å². The summed E-state index contributed by atoms with van der Waals surface area (Å²) >= 11 is 0. The Kier molecular flexibility index (Phi) is 2.79. The SMILES string of the molecule is N#Cc1c(CN)cc(F)cc1C(=O)O. The minimum Gasteiger partial charge on any atom is -0.478 e. The second-order valence-corrected chi connectivity index (χ2v) is 2.61. The summed E-state index contributed by atoms with van der Waals surface area (Å²) in [5, 5.41) is 17.4. The molecule has 72 valence electrons. The van der Waals surface area contributed by atoms with Crippen LogP contribution in [0.25, 0.3) is 0 Å². The molecule has 0 unspecified atom stereocenters. The zero-order valence-corrected chi connectivity index (χ0v) is 7.12. The Hall–Kier alpha value is -1.93. The van der Waals surface area contributed by atoms with Crippen LogP contribution in [0.2, 0.25) is 0 Å². The molecule has 0 heterocycles. The van der Waals surface area contributed by atoms with Crippen molar-refractivity contribution in [2.24, 2.45) is 5.73 Å². The predicted molar refractivity (Wildman–Crippen MR) is 46.0 cm³/mol. The molecule has 0 aliphatic carbocycles. The molecule has 0 saturated carbocycles. The van der Waals surface area contributed by atoms with Crippen LogP contribution in [0.1, 0.15) is 21.5 Å². The van der Waals surface area contributed by atoms with E-state index in [-0.39, 0.29) is 23.2 Å². The fourth-order valence-electron chi connectivity index (χ4n) is 1.13. The summed E-state index contributed by atoms with van der Waals surface area (Å²) in [6.07, 6.45) is 0. The molecule has 0 aliphatic heterocycles. The van der Waals surface area contributed by atoms with Gasteiger partial charge in [0, 0.05) is 6.54 Å². The maximum absolute atomic E-state index is 12.9. The number of rotatable bonds is 2. The van der Waals surface area contributed by atoms with Crippen LogP contribution in [0.5, 0.6) is 0 Å². The number of carboxylic acid groups (broad SMARTS) is 1. The number of carboxylic acids is 1. The van der Waals surface area contributed by atoms with Crippen molar-refractivity contribution in [2.45, 2.75) is 6.54 Å². The monoisotopic (exact) mass is 194 g/mol. The van der Waals surface area contributed by atoms with E-state index >= 15 is 0 Å². The summed E-state index contributed by atoms with van der Waals surface area (Å²) in [6, 6.07) is 3.56. The van der Waals surface area contributed by atoms with Gasteiger partial charge < -0.3 is 10.8 Å². The Bertz CT molecular complexity index is 424. The molecular formula is C9H7FN2O2. The van der Waals surface area contributed by atoms with Gasteiger partial charge in [0.1, 0.15) is 11.9 Å². The van der Waals surface area contributed by atoms with Gasteiger partial charge >= 0.3 is 5.97 Å². The van der Waals surface area contributed by atoms with Gasteiger partial charge in [-0.2, -0.15) is 5.26 Å². The lowest BCUT2D eigenvalue weighted by Gasteiger charge is -2.04. The highest BCUT2D eigenvalue weighted by Gasteiger charge is 2.15. The Morgan fingerprint density at radius 3 is 2.71 bits per heavy atom. The fraction of sp³-hybridized carbons (Fsp3) is 0.111. The molecule has 3 N–H and O–H groups in total. The standard InChI is InChI=1S/C9H7FN2O2/c10-6-1-5(3-11)8(4-12)7(2-6)9(13)14/h1-2H,3,11H2,(H,13,14). The highest BCUT2D eigenvalue weighted by Crippen LogP contribution is 2.16. The lowest BCUT2D eigenvalue weighted by atomic mass is 10.0. The predicted octanol–water partition coefficient (Wildman–Crippen LogP) is 0.854. The molecule has 1 aromatic rings. The normalized spacial score (nSPS) is 9.50. The third kappa shape index (κ3) is 1.70. The molecule has 0 atom stereocenters. The summed E-state index contributed by atoms with van der Waals surface area (Å²) in [4.78, 5) is 10.6. The molecular weight excluding hydrogens is 187 g/mol. The van der Waals surface area contributed by atoms with Gasteiger partial charge in [0.2, 0.25) is 0 Å². The smallest absolute Gasteiger partial charge is 0.337 e. The van der Waals surface area contributed by atoms with Crippen LogP contribution in [-0.2, 0) is 6.54 Å². The van der Waals surface area contributed by atoms with Crippen molar-refractivity contribution in [2.75, 3.05) is 0 Å². The number of nitrogens with two attached hydrogens (primary N) is 1. The molecule has 4 nitrogen and oxygen atoms in total. The van der Waals surface area contributed by atoms with Crippen molar-refractivity contribution >= 4 is 5.97 Å². The van der Waals surface area contributed by atoms with Gasteiger partial charge in [0.05, 0.1) is 11.1 Å². The van der Waals surface area contributed by atoms with E-state index < -0.39 is 11.8 Å². The topological polar surface area (TPSA) is 87.1 Å². The van der Waals surface area contributed by atoms with Crippen LogP contribution in [0.15, 0.2) is 12.1 Å². The van der Waals surface area contributed by atoms with Crippen LogP contribution < -0.4 is 5.73 Å². The lowest BCUT2D eigenvalue weighted by Crippen LogP contribution is -2.07. The first-order valence-corrected chi connectivity index (χ1v) is 3.76. The van der Waals surface area contributed by atoms with Gasteiger partial charge in [-0.1, -0.05) is 0 Å². The van der Waals surface area contributed by atoms with Gasteiger partial charge in [0.25, 0.3) is 0 Å². The summed E-state index contributed by atoms with van der Waals surface area (Å²) in [5.41, 5.74) is 5.02. The second kappa shape index (κ2) is 3.85. The number of hydrogen-bond acceptors (Lipinski definition) is 3. The molecule has 0 aliphatic rings. The molecule has 1 aromatic carbocycles. The Labute approximate surface area is 79.4 Å². The van der Waals surface area contributed by atoms with Gasteiger partial charge in [-0.25, -0.2) is 9.18 Å². The number of benzene rings is 1. The third-order valence-corrected chi connectivity index (χ3v) is 1.75. The number of hydrogen-bond donors (Lipinski definition) is 2. The van der Waals surface area contributed by atoms with Crippen LogP contribution in [0.4, 0.5) is 4.39 Å². The number of carbonyl (C=O) groups is 1. The summed E-state index contributed by atoms with van der Waals surface area (Å²) < 4.78 is 12.9. The molecule has 0 amide bonds. The average molecular weight is 194 g/mol. The van der Waals surface area contributed by atoms with Gasteiger partial charge in [-0.3, -0.25) is 0 Å². The second-order valence-electron chi connectivity index (χ2n) is 2.61. The molecule has 0 bridgehead atoms. The maximum atomic E-state index is 12.9. The molecule has 0 aromatic heterocycles. The van der Waals surface area contributed by atoms with Crippen LogP contribution in [0.3, 0.4) is 0 Å². The lowest BCUT2D eigenvalue weighted by molar-refractivity contribution is 0.0696. The summed E-state index contributed by atoms with van der Waals surface area (Å²) in [7, 11) is 0. The minimum atomic E-state index is -1.34. The van der Waals surface area contributed by atoms with Gasteiger partial charge in [0.15, 0.2) is 0 Å². The van der Waals surface area contributed by atoms with E-state index in [1.165, 1.54) is 0 Å². The molecule has 5 heteroatoms. The number of nitrogens with zero attached hydrogens (tertiary/aromatic N) is 1. The first-order valence-electron chi connectivity index (χ1n) is 3.76. The van der Waals surface area contributed by atoms with E-state index in [1.54, 1.807) is 6.07 Å². The molecule has 0 fully saturated rings. The number of halogens is 1. The molecule has 0 spiro atoms. The van der Waals surface area contributed by atoms with E-state index in [4.69, 9.17) is 16.1 Å². The van der Waals surface area contributed by atoms with Crippen molar-refractivity contribution in [1.82, 2.24) is 0 Å². The van der Waals surface area contributed by atoms with Crippen LogP contribution in [-0.4, -0.2) is 11.1 Å². The van der Waals surface area contributed by atoms with Crippen molar-refractivity contribution in [3.05, 3.63) is 34.6 Å². The molecule has 0 saturated heterocycles. The quantitative estimate of drug-likeness (QED) is 0.730. The van der Waals surface area contributed by atoms with Crippen LogP contribution >= 0.6 is 0 Å². The van der Waals surface area contributed by atoms with E-state index in [2.05, 4.69) is 0 Å². The maximum Gasteiger partial charge on any atom is 0.337 e. The Morgan fingerprint density at radius 2 is 2.29 bits per heavy atom. The summed E-state index contributed by atoms with van der Waals surface area (Å²) in [5.74, 6) is -2.04. The van der Waals surface area contributed by atoms with Crippen molar-refractivity contribution in [3.8, 4) is 6.07 Å². The molecule has 0 radical (unpaired) electrons. The van der Waals surface area contributed by atoms with E-state index in [0.29, 0.717) is 0 Å². The minimum absolute atomic E-state index is 0.0685. The Morgan fingerprint density at radius 1 is 1.64 bits per heavy atom. The zero-order chi connectivity index (χ0) is 10.7. The highest BCUT2D eigenvalue weighted by molar-refractivity contribution is 5.91. The largest absolute Gasteiger partial charge is 0.478 e. The van der Waals surface area contributed by atoms with Crippen molar-refractivity contribution in [1.29, 1.82) is 5.26 Å². The van der Waals surface area contributed by atoms with Crippen molar-refractivity contribution < 1.29 is 14.3 Å². The average Bonchev–Trinajstić information content (AvgIpc) is 2.16. The summed E-state index contributed by atoms with van der Waals surface area (Å²) in [6.45, 7) is -0.0685. The third-order valence-electron chi connectivity index (χ3n) is 1.75. The Balaban J connectivity index is 3.49. The zero-order valence-electron chi connectivity index (χ0n) is 7.12. The van der Waals surface area contributed by atoms with Gasteiger partial charge in [-0.15, -0.1) is 0 Å².